The van der Waals surface area contributed by atoms with Crippen molar-refractivity contribution in [2.24, 2.45) is 11.8 Å². The van der Waals surface area contributed by atoms with Gasteiger partial charge in [0.25, 0.3) is 0 Å². The number of fused-ring (bicyclic) bond motifs is 2. The lowest BCUT2D eigenvalue weighted by molar-refractivity contribution is -0.125. The van der Waals surface area contributed by atoms with E-state index in [2.05, 4.69) is 34.7 Å². The van der Waals surface area contributed by atoms with Crippen LogP contribution in [0.3, 0.4) is 0 Å². The number of aromatic nitrogens is 1. The third-order valence-corrected chi connectivity index (χ3v) is 4.73. The normalized spacial score (nSPS) is 19.5. The molecule has 0 saturated carbocycles. The lowest BCUT2D eigenvalue weighted by Crippen LogP contribution is -2.37. The molecule has 3 N–H and O–H groups in total. The minimum absolute atomic E-state index is 0.00245. The Balaban J connectivity index is 1.94. The zero-order valence-corrected chi connectivity index (χ0v) is 12.6. The number of carbonyl (C=O) groups is 1. The van der Waals surface area contributed by atoms with Crippen molar-refractivity contribution < 1.29 is 4.79 Å². The van der Waals surface area contributed by atoms with Gasteiger partial charge in [-0.1, -0.05) is 42.5 Å². The summed E-state index contributed by atoms with van der Waals surface area (Å²) in [5, 5.41) is 1.09. The molecule has 0 spiro atoms. The maximum atomic E-state index is 12.4. The molecule has 3 aromatic rings. The number of nitrogens with two attached hydrogens (primary N) is 1. The Morgan fingerprint density at radius 1 is 1.04 bits per heavy atom. The van der Waals surface area contributed by atoms with Crippen molar-refractivity contribution in [3.8, 4) is 0 Å². The molecular weight excluding hydrogens is 286 g/mol. The average molecular weight is 303 g/mol. The van der Waals surface area contributed by atoms with Gasteiger partial charge in [-0.15, -0.1) is 0 Å². The number of rotatable bonds is 2. The standard InChI is InChI=1S/C19H17N3O/c20-22-19(23)16-11-12-5-1-2-6-13(12)18(16)15-7-3-9-17-14(15)8-4-10-21-17/h1-10,16,18H,11,20H2,(H,22,23). The summed E-state index contributed by atoms with van der Waals surface area (Å²) >= 11 is 0. The van der Waals surface area contributed by atoms with E-state index in [1.807, 2.05) is 30.3 Å². The Labute approximate surface area is 134 Å². The molecule has 4 nitrogen and oxygen atoms in total. The summed E-state index contributed by atoms with van der Waals surface area (Å²) in [6.07, 6.45) is 2.50. The SMILES string of the molecule is NNC(=O)C1Cc2ccccc2C1c1cccc2ncccc12. The maximum Gasteiger partial charge on any atom is 0.238 e. The molecule has 1 heterocycles. The number of nitrogens with zero attached hydrogens (tertiary/aromatic N) is 1. The Hall–Kier alpha value is -2.72. The molecule has 4 heteroatoms. The lowest BCUT2D eigenvalue weighted by Gasteiger charge is -2.21. The molecule has 1 aromatic heterocycles. The highest BCUT2D eigenvalue weighted by Gasteiger charge is 2.38. The fourth-order valence-corrected chi connectivity index (χ4v) is 3.73. The molecule has 1 aliphatic rings. The minimum atomic E-state index is -0.191. The van der Waals surface area contributed by atoms with Gasteiger partial charge < -0.3 is 0 Å². The van der Waals surface area contributed by atoms with Gasteiger partial charge in [0, 0.05) is 17.5 Å². The number of carbonyl (C=O) groups excluding carboxylic acids is 1. The monoisotopic (exact) mass is 303 g/mol. The fraction of sp³-hybridized carbons (Fsp3) is 0.158. The van der Waals surface area contributed by atoms with E-state index in [1.165, 1.54) is 11.1 Å². The number of hydrogen-bond acceptors (Lipinski definition) is 3. The topological polar surface area (TPSA) is 68.0 Å². The zero-order chi connectivity index (χ0) is 15.8. The first kappa shape index (κ1) is 13.9. The molecule has 23 heavy (non-hydrogen) atoms. The molecule has 0 saturated heterocycles. The van der Waals surface area contributed by atoms with Crippen LogP contribution < -0.4 is 11.3 Å². The smallest absolute Gasteiger partial charge is 0.238 e. The Morgan fingerprint density at radius 2 is 1.87 bits per heavy atom. The Bertz CT molecular complexity index is 885. The second kappa shape index (κ2) is 5.48. The van der Waals surface area contributed by atoms with Crippen molar-refractivity contribution in [1.82, 2.24) is 10.4 Å². The van der Waals surface area contributed by atoms with E-state index < -0.39 is 0 Å². The summed E-state index contributed by atoms with van der Waals surface area (Å²) in [6, 6.07) is 18.3. The highest BCUT2D eigenvalue weighted by molar-refractivity contribution is 5.87. The van der Waals surface area contributed by atoms with Gasteiger partial charge in [0.15, 0.2) is 0 Å². The molecule has 2 aromatic carbocycles. The van der Waals surface area contributed by atoms with E-state index in [4.69, 9.17) is 5.84 Å². The van der Waals surface area contributed by atoms with Crippen molar-refractivity contribution in [1.29, 1.82) is 0 Å². The maximum absolute atomic E-state index is 12.4. The summed E-state index contributed by atoms with van der Waals surface area (Å²) in [5.74, 6) is 5.12. The first-order valence-electron chi connectivity index (χ1n) is 7.71. The number of hydrogen-bond donors (Lipinski definition) is 2. The van der Waals surface area contributed by atoms with Crippen molar-refractivity contribution in [3.63, 3.8) is 0 Å². The second-order valence-corrected chi connectivity index (χ2v) is 5.91. The van der Waals surface area contributed by atoms with E-state index in [0.717, 1.165) is 16.5 Å². The third kappa shape index (κ3) is 2.19. The van der Waals surface area contributed by atoms with Crippen LogP contribution in [0.15, 0.2) is 60.8 Å². The Morgan fingerprint density at radius 3 is 2.74 bits per heavy atom. The van der Waals surface area contributed by atoms with E-state index in [1.54, 1.807) is 6.20 Å². The van der Waals surface area contributed by atoms with Gasteiger partial charge in [-0.25, -0.2) is 5.84 Å². The molecule has 0 aliphatic heterocycles. The van der Waals surface area contributed by atoms with Gasteiger partial charge in [-0.3, -0.25) is 15.2 Å². The van der Waals surface area contributed by atoms with Crippen LogP contribution in [-0.2, 0) is 11.2 Å². The quantitative estimate of drug-likeness (QED) is 0.434. The number of hydrazine groups is 1. The summed E-state index contributed by atoms with van der Waals surface area (Å²) < 4.78 is 0. The third-order valence-electron chi connectivity index (χ3n) is 4.73. The van der Waals surface area contributed by atoms with E-state index in [0.29, 0.717) is 6.42 Å². The molecular formula is C19H17N3O. The van der Waals surface area contributed by atoms with Crippen LogP contribution >= 0.6 is 0 Å². The number of nitrogens with one attached hydrogen (secondary N) is 1. The van der Waals surface area contributed by atoms with Gasteiger partial charge in [0.2, 0.25) is 5.91 Å². The van der Waals surface area contributed by atoms with Gasteiger partial charge in [0.05, 0.1) is 11.4 Å². The summed E-state index contributed by atoms with van der Waals surface area (Å²) in [6.45, 7) is 0. The van der Waals surface area contributed by atoms with Crippen LogP contribution in [0.25, 0.3) is 10.9 Å². The molecule has 0 radical (unpaired) electrons. The van der Waals surface area contributed by atoms with Crippen molar-refractivity contribution >= 4 is 16.8 Å². The molecule has 1 aliphatic carbocycles. The first-order valence-corrected chi connectivity index (χ1v) is 7.71. The summed E-state index contributed by atoms with van der Waals surface area (Å²) in [7, 11) is 0. The van der Waals surface area contributed by atoms with Crippen LogP contribution in [0.4, 0.5) is 0 Å². The highest BCUT2D eigenvalue weighted by atomic mass is 16.2. The molecule has 114 valence electrons. The van der Waals surface area contributed by atoms with Crippen LogP contribution in [-0.4, -0.2) is 10.9 Å². The lowest BCUT2D eigenvalue weighted by atomic mass is 9.83. The predicted molar refractivity (Wildman–Crippen MR) is 89.6 cm³/mol. The van der Waals surface area contributed by atoms with Crippen LogP contribution in [0.1, 0.15) is 22.6 Å². The van der Waals surface area contributed by atoms with Crippen molar-refractivity contribution in [2.75, 3.05) is 0 Å². The molecule has 2 atom stereocenters. The average Bonchev–Trinajstić information content (AvgIpc) is 3.00. The number of benzene rings is 2. The van der Waals surface area contributed by atoms with E-state index in [9.17, 15) is 4.79 Å². The minimum Gasteiger partial charge on any atom is -0.294 e. The molecule has 1 amide bonds. The number of pyridine rings is 1. The van der Waals surface area contributed by atoms with Gasteiger partial charge in [-0.05, 0) is 35.2 Å². The van der Waals surface area contributed by atoms with Gasteiger partial charge >= 0.3 is 0 Å². The van der Waals surface area contributed by atoms with Crippen LogP contribution in [0, 0.1) is 5.92 Å². The van der Waals surface area contributed by atoms with Gasteiger partial charge in [0.1, 0.15) is 0 Å². The largest absolute Gasteiger partial charge is 0.294 e. The summed E-state index contributed by atoms with van der Waals surface area (Å²) in [5.41, 5.74) is 6.83. The predicted octanol–water partition coefficient (Wildman–Crippen LogP) is 2.53. The molecule has 2 unspecified atom stereocenters. The highest BCUT2D eigenvalue weighted by Crippen LogP contribution is 2.44. The van der Waals surface area contributed by atoms with Crippen molar-refractivity contribution in [2.45, 2.75) is 12.3 Å². The summed E-state index contributed by atoms with van der Waals surface area (Å²) in [4.78, 5) is 16.8. The Kier molecular flexibility index (Phi) is 3.32. The van der Waals surface area contributed by atoms with Crippen LogP contribution in [0.2, 0.25) is 0 Å². The van der Waals surface area contributed by atoms with Crippen molar-refractivity contribution in [3.05, 3.63) is 77.5 Å². The van der Waals surface area contributed by atoms with E-state index in [-0.39, 0.29) is 17.7 Å². The van der Waals surface area contributed by atoms with Gasteiger partial charge in [-0.2, -0.15) is 0 Å². The fourth-order valence-electron chi connectivity index (χ4n) is 3.73. The second-order valence-electron chi connectivity index (χ2n) is 5.91. The molecule has 4 rings (SSSR count). The van der Waals surface area contributed by atoms with Crippen LogP contribution in [0.5, 0.6) is 0 Å². The zero-order valence-electron chi connectivity index (χ0n) is 12.6. The first-order chi connectivity index (χ1) is 11.3. The number of amides is 1. The molecule has 0 fully saturated rings. The molecule has 0 bridgehead atoms. The van der Waals surface area contributed by atoms with E-state index >= 15 is 0 Å².